The zero-order valence-electron chi connectivity index (χ0n) is 14.8. The summed E-state index contributed by atoms with van der Waals surface area (Å²) in [4.78, 5) is 17.2. The van der Waals surface area contributed by atoms with Crippen LogP contribution in [0.15, 0.2) is 36.7 Å². The smallest absolute Gasteiger partial charge is 0.227 e. The second kappa shape index (κ2) is 6.52. The third-order valence-corrected chi connectivity index (χ3v) is 5.30. The van der Waals surface area contributed by atoms with Gasteiger partial charge in [0.2, 0.25) is 5.91 Å². The molecule has 0 radical (unpaired) electrons. The Kier molecular flexibility index (Phi) is 4.21. The van der Waals surface area contributed by atoms with Gasteiger partial charge >= 0.3 is 0 Å². The minimum absolute atomic E-state index is 0.148. The third kappa shape index (κ3) is 3.26. The minimum atomic E-state index is 0.148. The van der Waals surface area contributed by atoms with Crippen molar-refractivity contribution in [1.82, 2.24) is 19.6 Å². The largest absolute Gasteiger partial charge is 0.497 e. The van der Waals surface area contributed by atoms with Gasteiger partial charge in [-0.25, -0.2) is 0 Å². The SMILES string of the molecule is COc1ccc(CN2C[C@@H]3CN(Cc4cnn(C)c4)C[C@@H]3C2=O)cc1. The number of benzene rings is 1. The lowest BCUT2D eigenvalue weighted by Gasteiger charge is -2.21. The number of methoxy groups -OCH3 is 1. The molecule has 132 valence electrons. The number of hydrogen-bond donors (Lipinski definition) is 0. The van der Waals surface area contributed by atoms with Gasteiger partial charge in [-0.15, -0.1) is 0 Å². The molecule has 6 heteroatoms. The van der Waals surface area contributed by atoms with E-state index in [1.807, 2.05) is 53.3 Å². The molecule has 2 saturated heterocycles. The fraction of sp³-hybridized carbons (Fsp3) is 0.474. The maximum absolute atomic E-state index is 12.8. The number of likely N-dealkylation sites (tertiary alicyclic amines) is 2. The van der Waals surface area contributed by atoms with Crippen molar-refractivity contribution in [3.8, 4) is 5.75 Å². The number of ether oxygens (including phenoxy) is 1. The molecule has 0 saturated carbocycles. The standard InChI is InChI=1S/C19H24N4O2/c1-21-8-15(7-20-21)9-22-11-16-12-23(19(24)18(16)13-22)10-14-3-5-17(25-2)6-4-14/h3-8,16,18H,9-13H2,1-2H3/t16-,18-/m0/s1. The Labute approximate surface area is 148 Å². The van der Waals surface area contributed by atoms with Crippen LogP contribution in [0.2, 0.25) is 0 Å². The van der Waals surface area contributed by atoms with E-state index in [0.29, 0.717) is 18.4 Å². The molecule has 0 N–H and O–H groups in total. The summed E-state index contributed by atoms with van der Waals surface area (Å²) in [6.07, 6.45) is 3.96. The lowest BCUT2D eigenvalue weighted by molar-refractivity contribution is -0.131. The number of rotatable bonds is 5. The first-order valence-corrected chi connectivity index (χ1v) is 8.74. The molecule has 2 aliphatic heterocycles. The van der Waals surface area contributed by atoms with Crippen molar-refractivity contribution in [1.29, 1.82) is 0 Å². The molecule has 0 spiro atoms. The maximum atomic E-state index is 12.8. The lowest BCUT2D eigenvalue weighted by atomic mass is 10.0. The predicted molar refractivity (Wildman–Crippen MR) is 93.9 cm³/mol. The molecule has 1 aromatic carbocycles. The Morgan fingerprint density at radius 1 is 1.12 bits per heavy atom. The fourth-order valence-corrected chi connectivity index (χ4v) is 4.07. The van der Waals surface area contributed by atoms with Gasteiger partial charge in [-0.05, 0) is 17.7 Å². The summed E-state index contributed by atoms with van der Waals surface area (Å²) >= 11 is 0. The van der Waals surface area contributed by atoms with Crippen LogP contribution in [0.4, 0.5) is 0 Å². The maximum Gasteiger partial charge on any atom is 0.227 e. The van der Waals surface area contributed by atoms with E-state index in [4.69, 9.17) is 4.74 Å². The number of carbonyl (C=O) groups excluding carboxylic acids is 1. The van der Waals surface area contributed by atoms with E-state index >= 15 is 0 Å². The molecule has 2 aliphatic rings. The van der Waals surface area contributed by atoms with Gasteiger partial charge in [0.05, 0.1) is 19.2 Å². The predicted octanol–water partition coefficient (Wildman–Crippen LogP) is 1.52. The van der Waals surface area contributed by atoms with Crippen LogP contribution in [0.1, 0.15) is 11.1 Å². The van der Waals surface area contributed by atoms with Crippen LogP contribution in [-0.2, 0) is 24.9 Å². The fourth-order valence-electron chi connectivity index (χ4n) is 4.07. The Hall–Kier alpha value is -2.34. The first-order valence-electron chi connectivity index (χ1n) is 8.74. The highest BCUT2D eigenvalue weighted by atomic mass is 16.5. The quantitative estimate of drug-likeness (QED) is 0.828. The van der Waals surface area contributed by atoms with Crippen molar-refractivity contribution >= 4 is 5.91 Å². The molecule has 6 nitrogen and oxygen atoms in total. The van der Waals surface area contributed by atoms with Crippen LogP contribution in [0.5, 0.6) is 5.75 Å². The molecule has 1 aromatic heterocycles. The van der Waals surface area contributed by atoms with Gasteiger partial charge in [0.25, 0.3) is 0 Å². The zero-order valence-corrected chi connectivity index (χ0v) is 14.8. The normalized spacial score (nSPS) is 23.3. The molecule has 2 aromatic rings. The van der Waals surface area contributed by atoms with E-state index in [2.05, 4.69) is 10.00 Å². The average molecular weight is 340 g/mol. The van der Waals surface area contributed by atoms with Crippen LogP contribution in [0, 0.1) is 11.8 Å². The van der Waals surface area contributed by atoms with Crippen LogP contribution in [0.25, 0.3) is 0 Å². The number of fused-ring (bicyclic) bond motifs is 1. The van der Waals surface area contributed by atoms with Gasteiger partial charge in [-0.1, -0.05) is 12.1 Å². The summed E-state index contributed by atoms with van der Waals surface area (Å²) in [5.74, 6) is 1.74. The highest BCUT2D eigenvalue weighted by molar-refractivity contribution is 5.82. The molecule has 0 unspecified atom stereocenters. The van der Waals surface area contributed by atoms with Crippen molar-refractivity contribution in [3.05, 3.63) is 47.8 Å². The van der Waals surface area contributed by atoms with Crippen molar-refractivity contribution in [2.45, 2.75) is 13.1 Å². The number of aryl methyl sites for hydroxylation is 1. The monoisotopic (exact) mass is 340 g/mol. The average Bonchev–Trinajstić information content (AvgIpc) is 3.27. The number of nitrogens with zero attached hydrogens (tertiary/aromatic N) is 4. The summed E-state index contributed by atoms with van der Waals surface area (Å²) in [6, 6.07) is 7.97. The first kappa shape index (κ1) is 16.1. The van der Waals surface area contributed by atoms with E-state index in [1.54, 1.807) is 7.11 Å². The highest BCUT2D eigenvalue weighted by Gasteiger charge is 2.45. The summed E-state index contributed by atoms with van der Waals surface area (Å²) in [5.41, 5.74) is 2.37. The van der Waals surface area contributed by atoms with Crippen LogP contribution >= 0.6 is 0 Å². The second-order valence-electron chi connectivity index (χ2n) is 7.15. The van der Waals surface area contributed by atoms with E-state index in [0.717, 1.165) is 37.5 Å². The molecule has 0 bridgehead atoms. The van der Waals surface area contributed by atoms with Crippen molar-refractivity contribution in [2.75, 3.05) is 26.7 Å². The van der Waals surface area contributed by atoms with Crippen molar-refractivity contribution in [3.63, 3.8) is 0 Å². The molecular weight excluding hydrogens is 316 g/mol. The number of carbonyl (C=O) groups is 1. The number of hydrogen-bond acceptors (Lipinski definition) is 4. The van der Waals surface area contributed by atoms with E-state index < -0.39 is 0 Å². The molecular formula is C19H24N4O2. The summed E-state index contributed by atoms with van der Waals surface area (Å²) in [6.45, 7) is 4.28. The van der Waals surface area contributed by atoms with Gasteiger partial charge < -0.3 is 9.64 Å². The molecule has 2 fully saturated rings. The number of amides is 1. The summed E-state index contributed by atoms with van der Waals surface area (Å²) < 4.78 is 7.02. The summed E-state index contributed by atoms with van der Waals surface area (Å²) in [5, 5.41) is 4.22. The molecule has 2 atom stereocenters. The van der Waals surface area contributed by atoms with Gasteiger partial charge in [0, 0.05) is 57.4 Å². The van der Waals surface area contributed by atoms with Crippen LogP contribution in [-0.4, -0.2) is 52.2 Å². The molecule has 0 aliphatic carbocycles. The zero-order chi connectivity index (χ0) is 17.4. The van der Waals surface area contributed by atoms with Gasteiger partial charge in [0.1, 0.15) is 5.75 Å². The Bertz CT molecular complexity index is 755. The van der Waals surface area contributed by atoms with Gasteiger partial charge in [-0.3, -0.25) is 14.4 Å². The summed E-state index contributed by atoms with van der Waals surface area (Å²) in [7, 11) is 3.60. The van der Waals surface area contributed by atoms with Crippen molar-refractivity contribution in [2.24, 2.45) is 18.9 Å². The topological polar surface area (TPSA) is 50.6 Å². The molecule has 3 heterocycles. The number of aromatic nitrogens is 2. The highest BCUT2D eigenvalue weighted by Crippen LogP contribution is 2.33. The van der Waals surface area contributed by atoms with E-state index in [-0.39, 0.29) is 5.92 Å². The Morgan fingerprint density at radius 2 is 1.92 bits per heavy atom. The Balaban J connectivity index is 1.35. The first-order chi connectivity index (χ1) is 12.1. The Morgan fingerprint density at radius 3 is 2.56 bits per heavy atom. The minimum Gasteiger partial charge on any atom is -0.497 e. The van der Waals surface area contributed by atoms with Crippen LogP contribution in [0.3, 0.4) is 0 Å². The molecule has 1 amide bonds. The van der Waals surface area contributed by atoms with Crippen molar-refractivity contribution < 1.29 is 9.53 Å². The second-order valence-corrected chi connectivity index (χ2v) is 7.15. The molecule has 25 heavy (non-hydrogen) atoms. The van der Waals surface area contributed by atoms with E-state index in [1.165, 1.54) is 5.56 Å². The van der Waals surface area contributed by atoms with E-state index in [9.17, 15) is 4.79 Å². The van der Waals surface area contributed by atoms with Crippen LogP contribution < -0.4 is 4.74 Å². The van der Waals surface area contributed by atoms with Gasteiger partial charge in [-0.2, -0.15) is 5.10 Å². The van der Waals surface area contributed by atoms with Gasteiger partial charge in [0.15, 0.2) is 0 Å². The lowest BCUT2D eigenvalue weighted by Crippen LogP contribution is -2.32. The third-order valence-electron chi connectivity index (χ3n) is 5.30. The molecule has 4 rings (SSSR count).